The van der Waals surface area contributed by atoms with Crippen molar-refractivity contribution in [2.45, 2.75) is 0 Å². The molecule has 3 heteroatoms. The minimum atomic E-state index is 0.833. The van der Waals surface area contributed by atoms with E-state index in [0.717, 1.165) is 67.5 Å². The number of benzene rings is 11. The fourth-order valence-electron chi connectivity index (χ4n) is 9.46. The van der Waals surface area contributed by atoms with Gasteiger partial charge in [-0.3, -0.25) is 0 Å². The predicted molar refractivity (Wildman–Crippen MR) is 265 cm³/mol. The average molecular weight is 805 g/mol. The van der Waals surface area contributed by atoms with Crippen LogP contribution in [0.1, 0.15) is 0 Å². The molecule has 0 aromatic heterocycles. The Labute approximate surface area is 367 Å². The Kier molecular flexibility index (Phi) is 8.83. The smallest absolute Gasteiger partial charge is 0.138 e. The van der Waals surface area contributed by atoms with Crippen molar-refractivity contribution in [1.29, 1.82) is 0 Å². The van der Waals surface area contributed by atoms with Crippen molar-refractivity contribution in [1.82, 2.24) is 0 Å². The third kappa shape index (κ3) is 6.46. The summed E-state index contributed by atoms with van der Waals surface area (Å²) >= 11 is 0. The molecule has 0 amide bonds. The van der Waals surface area contributed by atoms with E-state index in [1.807, 2.05) is 0 Å². The van der Waals surface area contributed by atoms with Gasteiger partial charge in [0.1, 0.15) is 11.5 Å². The van der Waals surface area contributed by atoms with E-state index in [1.165, 1.54) is 43.8 Å². The van der Waals surface area contributed by atoms with Crippen molar-refractivity contribution in [2.24, 2.45) is 0 Å². The van der Waals surface area contributed by atoms with E-state index in [2.05, 4.69) is 252 Å². The summed E-state index contributed by atoms with van der Waals surface area (Å²) < 4.78 is 6.91. The van der Waals surface area contributed by atoms with E-state index in [4.69, 9.17) is 4.74 Å². The Hall–Kier alpha value is -8.40. The van der Waals surface area contributed by atoms with Crippen molar-refractivity contribution in [3.05, 3.63) is 243 Å². The van der Waals surface area contributed by atoms with Crippen LogP contribution in [0.3, 0.4) is 0 Å². The van der Waals surface area contributed by atoms with Crippen LogP contribution in [-0.4, -0.2) is 0 Å². The molecule has 63 heavy (non-hydrogen) atoms. The Morgan fingerprint density at radius 3 is 1.27 bits per heavy atom. The second-order valence-electron chi connectivity index (χ2n) is 16.1. The lowest BCUT2D eigenvalue weighted by atomic mass is 9.93. The summed E-state index contributed by atoms with van der Waals surface area (Å²) in [5.41, 5.74) is 13.4. The third-order valence-electron chi connectivity index (χ3n) is 12.4. The number of rotatable bonds is 8. The monoisotopic (exact) mass is 804 g/mol. The molecule has 0 saturated heterocycles. The molecule has 0 saturated carbocycles. The molecule has 0 bridgehead atoms. The molecular weight excluding hydrogens is 765 g/mol. The average Bonchev–Trinajstić information content (AvgIpc) is 3.35. The minimum absolute atomic E-state index is 0.833. The zero-order valence-corrected chi connectivity index (χ0v) is 34.4. The number of anilines is 6. The van der Waals surface area contributed by atoms with Crippen molar-refractivity contribution in [3.8, 4) is 44.9 Å². The number of hydrogen-bond acceptors (Lipinski definition) is 3. The van der Waals surface area contributed by atoms with Crippen LogP contribution in [-0.2, 0) is 0 Å². The van der Waals surface area contributed by atoms with Crippen LogP contribution in [0, 0.1) is 0 Å². The van der Waals surface area contributed by atoms with Crippen LogP contribution >= 0.6 is 0 Å². The van der Waals surface area contributed by atoms with Crippen molar-refractivity contribution in [2.75, 3.05) is 9.80 Å². The standard InChI is InChI=1S/C60H40N2O/c1-3-19-46(20-4-1)62(47-21-5-2-6-22-47)51-38-45-18-13-27-56-57-39-50(36-37-58(57)63-59(40-51)60(45)56)61(48-32-28-43(29-33-48)54-25-11-16-41-14-7-9-23-52(41)54)49-34-30-44(31-35-49)55-26-12-17-42-15-8-10-24-53(42)55/h1-40H. The lowest BCUT2D eigenvalue weighted by molar-refractivity contribution is 0.487. The van der Waals surface area contributed by atoms with Gasteiger partial charge in [-0.2, -0.15) is 0 Å². The van der Waals surface area contributed by atoms with E-state index >= 15 is 0 Å². The molecule has 1 aliphatic rings. The Morgan fingerprint density at radius 1 is 0.254 bits per heavy atom. The molecule has 11 aromatic rings. The quantitative estimate of drug-likeness (QED) is 0.152. The van der Waals surface area contributed by atoms with Gasteiger partial charge >= 0.3 is 0 Å². The van der Waals surface area contributed by atoms with E-state index in [9.17, 15) is 0 Å². The van der Waals surface area contributed by atoms with Gasteiger partial charge < -0.3 is 14.5 Å². The summed E-state index contributed by atoms with van der Waals surface area (Å²) in [5, 5.41) is 7.20. The zero-order valence-electron chi connectivity index (χ0n) is 34.4. The van der Waals surface area contributed by atoms with E-state index in [1.54, 1.807) is 0 Å². The minimum Gasteiger partial charge on any atom is -0.456 e. The van der Waals surface area contributed by atoms with Gasteiger partial charge in [-0.1, -0.05) is 164 Å². The summed E-state index contributed by atoms with van der Waals surface area (Å²) in [6.07, 6.45) is 0. The first-order valence-electron chi connectivity index (χ1n) is 21.5. The molecule has 12 rings (SSSR count). The highest BCUT2D eigenvalue weighted by molar-refractivity contribution is 6.07. The van der Waals surface area contributed by atoms with Crippen molar-refractivity contribution < 1.29 is 4.74 Å². The highest BCUT2D eigenvalue weighted by atomic mass is 16.5. The highest BCUT2D eigenvalue weighted by Crippen LogP contribution is 2.51. The normalized spacial score (nSPS) is 11.6. The largest absolute Gasteiger partial charge is 0.456 e. The maximum absolute atomic E-state index is 6.91. The van der Waals surface area contributed by atoms with Crippen molar-refractivity contribution >= 4 is 66.4 Å². The Morgan fingerprint density at radius 2 is 0.698 bits per heavy atom. The van der Waals surface area contributed by atoms with E-state index < -0.39 is 0 Å². The molecule has 0 atom stereocenters. The van der Waals surface area contributed by atoms with Gasteiger partial charge in [-0.05, 0) is 128 Å². The molecule has 1 aliphatic heterocycles. The van der Waals surface area contributed by atoms with Gasteiger partial charge in [0.25, 0.3) is 0 Å². The molecular formula is C60H40N2O. The lowest BCUT2D eigenvalue weighted by Gasteiger charge is -2.30. The van der Waals surface area contributed by atoms with Gasteiger partial charge in [-0.15, -0.1) is 0 Å². The Balaban J connectivity index is 0.975. The maximum Gasteiger partial charge on any atom is 0.138 e. The number of hydrogen-bond donors (Lipinski definition) is 0. The zero-order chi connectivity index (χ0) is 41.7. The fraction of sp³-hybridized carbons (Fsp3) is 0. The number of ether oxygens (including phenoxy) is 1. The second kappa shape index (κ2) is 15.3. The summed E-state index contributed by atoms with van der Waals surface area (Å²) in [6, 6.07) is 87.0. The van der Waals surface area contributed by atoms with Crippen LogP contribution in [0.2, 0.25) is 0 Å². The molecule has 0 aliphatic carbocycles. The van der Waals surface area contributed by atoms with Gasteiger partial charge in [-0.25, -0.2) is 0 Å². The van der Waals surface area contributed by atoms with Crippen LogP contribution in [0.25, 0.3) is 65.7 Å². The Bertz CT molecular complexity index is 3300. The predicted octanol–water partition coefficient (Wildman–Crippen LogP) is 17.2. The van der Waals surface area contributed by atoms with Crippen LogP contribution in [0.5, 0.6) is 11.5 Å². The summed E-state index contributed by atoms with van der Waals surface area (Å²) in [7, 11) is 0. The molecule has 0 fully saturated rings. The summed E-state index contributed by atoms with van der Waals surface area (Å²) in [4.78, 5) is 4.65. The summed E-state index contributed by atoms with van der Waals surface area (Å²) in [6.45, 7) is 0. The van der Waals surface area contributed by atoms with Crippen LogP contribution in [0.4, 0.5) is 34.1 Å². The third-order valence-corrected chi connectivity index (χ3v) is 12.4. The first-order valence-corrected chi connectivity index (χ1v) is 21.5. The molecule has 0 spiro atoms. The van der Waals surface area contributed by atoms with Gasteiger partial charge in [0, 0.05) is 45.5 Å². The topological polar surface area (TPSA) is 15.7 Å². The number of nitrogens with zero attached hydrogens (tertiary/aromatic N) is 2. The molecule has 1 heterocycles. The first kappa shape index (κ1) is 36.5. The molecule has 11 aromatic carbocycles. The van der Waals surface area contributed by atoms with E-state index in [-0.39, 0.29) is 0 Å². The SMILES string of the molecule is c1ccc(N(c2ccccc2)c2cc3c4c(cccc4c2)-c2cc(N(c4ccc(-c5cccc6ccccc56)cc4)c4ccc(-c5cccc6ccccc56)cc4)ccc2O3)cc1. The fourth-order valence-corrected chi connectivity index (χ4v) is 9.46. The molecule has 296 valence electrons. The molecule has 0 N–H and O–H groups in total. The van der Waals surface area contributed by atoms with Gasteiger partial charge in [0.05, 0.1) is 5.69 Å². The molecule has 0 unspecified atom stereocenters. The van der Waals surface area contributed by atoms with Crippen LogP contribution < -0.4 is 14.5 Å². The second-order valence-corrected chi connectivity index (χ2v) is 16.1. The highest BCUT2D eigenvalue weighted by Gasteiger charge is 2.25. The maximum atomic E-state index is 6.91. The number of para-hydroxylation sites is 2. The molecule has 0 radical (unpaired) electrons. The van der Waals surface area contributed by atoms with Gasteiger partial charge in [0.15, 0.2) is 0 Å². The van der Waals surface area contributed by atoms with Crippen molar-refractivity contribution in [3.63, 3.8) is 0 Å². The number of fused-ring (bicyclic) bond motifs is 4. The lowest BCUT2D eigenvalue weighted by Crippen LogP contribution is -2.11. The molecule has 3 nitrogen and oxygen atoms in total. The van der Waals surface area contributed by atoms with Gasteiger partial charge in [0.2, 0.25) is 0 Å². The van der Waals surface area contributed by atoms with E-state index in [0.29, 0.717) is 0 Å². The summed E-state index contributed by atoms with van der Waals surface area (Å²) in [5.74, 6) is 1.68. The van der Waals surface area contributed by atoms with Crippen LogP contribution in [0.15, 0.2) is 243 Å². The first-order chi connectivity index (χ1) is 31.2.